The number of furan rings is 1. The van der Waals surface area contributed by atoms with E-state index < -0.39 is 0 Å². The summed E-state index contributed by atoms with van der Waals surface area (Å²) >= 11 is 0. The van der Waals surface area contributed by atoms with E-state index in [9.17, 15) is 6.57 Å². The molecular formula is C59H57N3O. The molecule has 3 aromatic heterocycles. The average molecular weight is 824 g/mol. The van der Waals surface area contributed by atoms with Gasteiger partial charge in [-0.1, -0.05) is 156 Å². The lowest BCUT2D eigenvalue weighted by Gasteiger charge is -2.20. The van der Waals surface area contributed by atoms with Crippen LogP contribution >= 0.6 is 0 Å². The van der Waals surface area contributed by atoms with E-state index in [1.54, 1.807) is 0 Å². The lowest BCUT2D eigenvalue weighted by molar-refractivity contribution is 0.590. The predicted molar refractivity (Wildman–Crippen MR) is 269 cm³/mol. The monoisotopic (exact) mass is 823 g/mol. The van der Waals surface area contributed by atoms with Crippen molar-refractivity contribution in [2.45, 2.75) is 105 Å². The first-order valence-electron chi connectivity index (χ1n) is 22.4. The van der Waals surface area contributed by atoms with Crippen LogP contribution in [0.5, 0.6) is 0 Å². The van der Waals surface area contributed by atoms with Crippen molar-refractivity contribution in [3.63, 3.8) is 0 Å². The molecule has 0 radical (unpaired) electrons. The highest BCUT2D eigenvalue weighted by molar-refractivity contribution is 6.18. The molecule has 4 nitrogen and oxygen atoms in total. The normalized spacial score (nSPS) is 13.1. The van der Waals surface area contributed by atoms with Crippen LogP contribution in [0, 0.1) is 6.57 Å². The second kappa shape index (κ2) is 13.7. The molecule has 10 aromatic rings. The molecule has 0 aliphatic rings. The molecule has 0 amide bonds. The van der Waals surface area contributed by atoms with Crippen molar-refractivity contribution in [2.24, 2.45) is 0 Å². The van der Waals surface area contributed by atoms with Crippen molar-refractivity contribution >= 4 is 71.2 Å². The summed E-state index contributed by atoms with van der Waals surface area (Å²) in [6.07, 6.45) is 0. The maximum absolute atomic E-state index is 9.27. The van der Waals surface area contributed by atoms with Crippen molar-refractivity contribution < 1.29 is 4.42 Å². The maximum atomic E-state index is 9.27. The standard InChI is InChI=1S/C59H57N3O/c1-56(2,3)36-22-26-47-42(30-36)43-31-37(57(4,5)6)23-27-48(43)61(47)51-34-46-41-21-17-20-40(35-18-15-14-16-19-35)54(41)63-55(46)53(52(51)60-13)62-49-28-24-38(58(7,8)9)32-44(49)45-33-39(59(10,11)12)25-29-50(45)62/h14-34H,1-12H3. The molecule has 314 valence electrons. The van der Waals surface area contributed by atoms with E-state index in [0.717, 1.165) is 60.9 Å². The Bertz CT molecular complexity index is 3390. The van der Waals surface area contributed by atoms with Crippen LogP contribution in [-0.4, -0.2) is 9.13 Å². The molecule has 0 fully saturated rings. The van der Waals surface area contributed by atoms with Gasteiger partial charge in [0.05, 0.1) is 40.0 Å². The summed E-state index contributed by atoms with van der Waals surface area (Å²) in [4.78, 5) is 4.59. The fraction of sp³-hybridized carbons (Fsp3) is 0.271. The Hall–Kier alpha value is -6.57. The number of hydrogen-bond donors (Lipinski definition) is 0. The summed E-state index contributed by atoms with van der Waals surface area (Å²) in [6, 6.07) is 46.8. The molecule has 0 unspecified atom stereocenters. The fourth-order valence-corrected chi connectivity index (χ4v) is 9.64. The van der Waals surface area contributed by atoms with Crippen LogP contribution in [-0.2, 0) is 21.7 Å². The molecule has 0 aliphatic carbocycles. The summed E-state index contributed by atoms with van der Waals surface area (Å²) < 4.78 is 11.9. The van der Waals surface area contributed by atoms with E-state index in [1.165, 1.54) is 43.8 Å². The van der Waals surface area contributed by atoms with Gasteiger partial charge in [0, 0.05) is 37.9 Å². The first-order chi connectivity index (χ1) is 29.7. The average Bonchev–Trinajstić information content (AvgIpc) is 3.88. The first kappa shape index (κ1) is 40.5. The number of para-hydroxylation sites is 1. The molecule has 0 spiro atoms. The molecule has 0 N–H and O–H groups in total. The molecule has 0 saturated carbocycles. The Morgan fingerprint density at radius 1 is 0.413 bits per heavy atom. The predicted octanol–water partition coefficient (Wildman–Crippen LogP) is 17.2. The molecule has 0 aliphatic heterocycles. The third-order valence-corrected chi connectivity index (χ3v) is 13.4. The zero-order chi connectivity index (χ0) is 44.5. The number of rotatable bonds is 3. The van der Waals surface area contributed by atoms with Gasteiger partial charge in [0.1, 0.15) is 11.2 Å². The lowest BCUT2D eigenvalue weighted by Crippen LogP contribution is -2.10. The van der Waals surface area contributed by atoms with E-state index in [4.69, 9.17) is 4.42 Å². The Balaban J connectivity index is 1.42. The van der Waals surface area contributed by atoms with Gasteiger partial charge in [0.15, 0.2) is 0 Å². The van der Waals surface area contributed by atoms with Gasteiger partial charge < -0.3 is 13.6 Å². The van der Waals surface area contributed by atoms with Crippen molar-refractivity contribution in [3.8, 4) is 22.5 Å². The van der Waals surface area contributed by atoms with Crippen LogP contribution in [0.25, 0.3) is 92.9 Å². The van der Waals surface area contributed by atoms with Crippen molar-refractivity contribution in [1.82, 2.24) is 9.13 Å². The highest BCUT2D eigenvalue weighted by Crippen LogP contribution is 2.49. The minimum Gasteiger partial charge on any atom is -0.455 e. The van der Waals surface area contributed by atoms with Gasteiger partial charge in [-0.15, -0.1) is 0 Å². The second-order valence-corrected chi connectivity index (χ2v) is 21.8. The molecule has 63 heavy (non-hydrogen) atoms. The SMILES string of the molecule is [C-]#[N+]c1c(-n2c3ccc(C(C)(C)C)cc3c3cc(C(C)(C)C)ccc32)cc2c(oc3c(-c4ccccc4)cccc32)c1-n1c2ccc(C(C)(C)C)cc2c2cc(C(C)(C)C)ccc21. The molecule has 10 rings (SSSR count). The number of benzene rings is 7. The second-order valence-electron chi connectivity index (χ2n) is 21.8. The highest BCUT2D eigenvalue weighted by Gasteiger charge is 2.29. The van der Waals surface area contributed by atoms with Crippen molar-refractivity contribution in [1.29, 1.82) is 0 Å². The molecule has 4 heteroatoms. The zero-order valence-corrected chi connectivity index (χ0v) is 38.9. The Morgan fingerprint density at radius 3 is 1.25 bits per heavy atom. The van der Waals surface area contributed by atoms with Crippen molar-refractivity contribution in [2.75, 3.05) is 0 Å². The summed E-state index contributed by atoms with van der Waals surface area (Å²) in [5, 5.41) is 6.69. The van der Waals surface area contributed by atoms with Gasteiger partial charge in [-0.2, -0.15) is 0 Å². The highest BCUT2D eigenvalue weighted by atomic mass is 16.3. The Kier molecular flexibility index (Phi) is 8.82. The smallest absolute Gasteiger partial charge is 0.237 e. The van der Waals surface area contributed by atoms with Gasteiger partial charge in [0.2, 0.25) is 5.69 Å². The molecular weight excluding hydrogens is 767 g/mol. The zero-order valence-electron chi connectivity index (χ0n) is 38.9. The number of aromatic nitrogens is 2. The molecule has 3 heterocycles. The number of hydrogen-bond acceptors (Lipinski definition) is 1. The molecule has 0 atom stereocenters. The van der Waals surface area contributed by atoms with Gasteiger partial charge >= 0.3 is 0 Å². The third-order valence-electron chi connectivity index (χ3n) is 13.4. The van der Waals surface area contributed by atoms with Gasteiger partial charge in [0.25, 0.3) is 0 Å². The Morgan fingerprint density at radius 2 is 0.841 bits per heavy atom. The quantitative estimate of drug-likeness (QED) is 0.163. The minimum absolute atomic E-state index is 0.0413. The number of fused-ring (bicyclic) bond motifs is 9. The maximum Gasteiger partial charge on any atom is 0.237 e. The lowest BCUT2D eigenvalue weighted by atomic mass is 9.85. The van der Waals surface area contributed by atoms with E-state index in [-0.39, 0.29) is 21.7 Å². The van der Waals surface area contributed by atoms with E-state index in [0.29, 0.717) is 11.3 Å². The van der Waals surface area contributed by atoms with Crippen LogP contribution in [0.1, 0.15) is 105 Å². The summed E-state index contributed by atoms with van der Waals surface area (Å²) in [7, 11) is 0. The largest absolute Gasteiger partial charge is 0.455 e. The van der Waals surface area contributed by atoms with Gasteiger partial charge in [-0.3, -0.25) is 0 Å². The summed E-state index contributed by atoms with van der Waals surface area (Å²) in [5.41, 5.74) is 14.9. The summed E-state index contributed by atoms with van der Waals surface area (Å²) in [6.45, 7) is 36.6. The van der Waals surface area contributed by atoms with Gasteiger partial charge in [-0.05, 0) is 104 Å². The van der Waals surface area contributed by atoms with Crippen LogP contribution in [0.2, 0.25) is 0 Å². The van der Waals surface area contributed by atoms with E-state index in [2.05, 4.69) is 218 Å². The molecule has 0 bridgehead atoms. The third kappa shape index (κ3) is 6.38. The molecule has 0 saturated heterocycles. The topological polar surface area (TPSA) is 27.4 Å². The van der Waals surface area contributed by atoms with E-state index >= 15 is 0 Å². The van der Waals surface area contributed by atoms with Crippen LogP contribution in [0.15, 0.2) is 132 Å². The van der Waals surface area contributed by atoms with Crippen molar-refractivity contribution in [3.05, 3.63) is 161 Å². The van der Waals surface area contributed by atoms with Crippen LogP contribution < -0.4 is 0 Å². The first-order valence-corrected chi connectivity index (χ1v) is 22.4. The number of nitrogens with zero attached hydrogens (tertiary/aromatic N) is 3. The fourth-order valence-electron chi connectivity index (χ4n) is 9.64. The van der Waals surface area contributed by atoms with E-state index in [1.807, 2.05) is 6.07 Å². The van der Waals surface area contributed by atoms with Crippen LogP contribution in [0.3, 0.4) is 0 Å². The van der Waals surface area contributed by atoms with Gasteiger partial charge in [-0.25, -0.2) is 4.85 Å². The minimum atomic E-state index is -0.0536. The summed E-state index contributed by atoms with van der Waals surface area (Å²) in [5.74, 6) is 0. The van der Waals surface area contributed by atoms with Crippen LogP contribution in [0.4, 0.5) is 5.69 Å². The molecule has 7 aromatic carbocycles. The Labute approximate surface area is 371 Å².